The molecule has 0 saturated heterocycles. The van der Waals surface area contributed by atoms with Crippen LogP contribution in [-0.4, -0.2) is 34.2 Å². The summed E-state index contributed by atoms with van der Waals surface area (Å²) in [6.07, 6.45) is 0.939. The summed E-state index contributed by atoms with van der Waals surface area (Å²) in [5.41, 5.74) is 2.02. The molecule has 0 spiro atoms. The summed E-state index contributed by atoms with van der Waals surface area (Å²) < 4.78 is 0. The summed E-state index contributed by atoms with van der Waals surface area (Å²) in [4.78, 5) is 39.4. The first-order valence-electron chi connectivity index (χ1n) is 11.4. The van der Waals surface area contributed by atoms with Crippen LogP contribution in [0.1, 0.15) is 30.0 Å². The molecular weight excluding hydrogens is 430 g/mol. The Labute approximate surface area is 199 Å². The van der Waals surface area contributed by atoms with Gasteiger partial charge >= 0.3 is 0 Å². The molecule has 0 saturated carbocycles. The van der Waals surface area contributed by atoms with Gasteiger partial charge in [-0.05, 0) is 17.5 Å². The van der Waals surface area contributed by atoms with Crippen molar-refractivity contribution in [2.45, 2.75) is 38.8 Å². The van der Waals surface area contributed by atoms with Gasteiger partial charge in [-0.1, -0.05) is 85.8 Å². The van der Waals surface area contributed by atoms with Crippen LogP contribution in [0.5, 0.6) is 0 Å². The van der Waals surface area contributed by atoms with Crippen molar-refractivity contribution >= 4 is 17.5 Å². The number of nitrogens with one attached hydrogen (secondary N) is 1. The molecule has 3 aromatic carbocycles. The van der Waals surface area contributed by atoms with E-state index in [-0.39, 0.29) is 30.5 Å². The Kier molecular flexibility index (Phi) is 8.91. The number of carbonyl (C=O) groups is 2. The zero-order chi connectivity index (χ0) is 24.3. The molecule has 1 atom stereocenters. The molecule has 0 aromatic heterocycles. The third-order valence-electron chi connectivity index (χ3n) is 5.55. The summed E-state index contributed by atoms with van der Waals surface area (Å²) in [5.74, 6) is -0.580. The molecule has 176 valence electrons. The van der Waals surface area contributed by atoms with Crippen LogP contribution in [0.25, 0.3) is 0 Å². The smallest absolute Gasteiger partial charge is 0.273 e. The summed E-state index contributed by atoms with van der Waals surface area (Å²) >= 11 is 0. The minimum absolute atomic E-state index is 0.106. The van der Waals surface area contributed by atoms with E-state index in [0.717, 1.165) is 17.5 Å². The number of amides is 2. The van der Waals surface area contributed by atoms with Crippen molar-refractivity contribution < 1.29 is 14.5 Å². The van der Waals surface area contributed by atoms with Gasteiger partial charge in [0.25, 0.3) is 5.69 Å². The summed E-state index contributed by atoms with van der Waals surface area (Å²) in [7, 11) is 0. The van der Waals surface area contributed by atoms with Gasteiger partial charge in [-0.15, -0.1) is 0 Å². The number of hydrogen-bond donors (Lipinski definition) is 1. The van der Waals surface area contributed by atoms with Crippen molar-refractivity contribution in [2.75, 3.05) is 6.54 Å². The summed E-state index contributed by atoms with van der Waals surface area (Å²) in [6.45, 7) is 2.69. The van der Waals surface area contributed by atoms with Gasteiger partial charge in [-0.25, -0.2) is 0 Å². The van der Waals surface area contributed by atoms with Gasteiger partial charge in [-0.2, -0.15) is 0 Å². The maximum absolute atomic E-state index is 13.6. The van der Waals surface area contributed by atoms with E-state index in [0.29, 0.717) is 18.5 Å². The predicted molar refractivity (Wildman–Crippen MR) is 131 cm³/mol. The fraction of sp³-hybridized carbons (Fsp3) is 0.259. The highest BCUT2D eigenvalue weighted by Gasteiger charge is 2.31. The van der Waals surface area contributed by atoms with E-state index in [9.17, 15) is 19.7 Å². The standard InChI is InChI=1S/C27H29N3O4/c1-2-17-28-27(32)25(18-21-11-5-3-6-12-21)29(20-22-13-7-4-8-14-22)26(31)19-23-15-9-10-16-24(23)30(33)34/h3-16,25H,2,17-20H2,1H3,(H,28,32). The predicted octanol–water partition coefficient (Wildman–Crippen LogP) is 4.30. The second-order valence-corrected chi connectivity index (χ2v) is 8.07. The van der Waals surface area contributed by atoms with E-state index < -0.39 is 11.0 Å². The Morgan fingerprint density at radius 1 is 0.912 bits per heavy atom. The number of nitrogens with zero attached hydrogens (tertiary/aromatic N) is 2. The second kappa shape index (κ2) is 12.3. The normalized spacial score (nSPS) is 11.4. The SMILES string of the molecule is CCCNC(=O)C(Cc1ccccc1)N(Cc1ccccc1)C(=O)Cc1ccccc1[N+](=O)[O-]. The average molecular weight is 460 g/mol. The Balaban J connectivity index is 1.97. The Morgan fingerprint density at radius 3 is 2.12 bits per heavy atom. The first-order chi connectivity index (χ1) is 16.5. The molecule has 0 aliphatic rings. The fourth-order valence-corrected chi connectivity index (χ4v) is 3.80. The molecule has 7 heteroatoms. The number of hydrogen-bond acceptors (Lipinski definition) is 4. The Bertz CT molecular complexity index is 1100. The minimum Gasteiger partial charge on any atom is -0.354 e. The molecule has 1 N–H and O–H groups in total. The Hall–Kier alpha value is -4.00. The van der Waals surface area contributed by atoms with Crippen LogP contribution in [0.15, 0.2) is 84.9 Å². The molecule has 0 bridgehead atoms. The highest BCUT2D eigenvalue weighted by Crippen LogP contribution is 2.21. The molecule has 34 heavy (non-hydrogen) atoms. The van der Waals surface area contributed by atoms with E-state index in [1.54, 1.807) is 23.1 Å². The van der Waals surface area contributed by atoms with Crippen molar-refractivity contribution in [3.8, 4) is 0 Å². The van der Waals surface area contributed by atoms with Gasteiger partial charge in [0.1, 0.15) is 6.04 Å². The molecule has 1 unspecified atom stereocenters. The number of para-hydroxylation sites is 1. The molecule has 0 heterocycles. The highest BCUT2D eigenvalue weighted by molar-refractivity contribution is 5.89. The number of nitro groups is 1. The number of carbonyl (C=O) groups excluding carboxylic acids is 2. The lowest BCUT2D eigenvalue weighted by Crippen LogP contribution is -2.51. The van der Waals surface area contributed by atoms with Crippen LogP contribution < -0.4 is 5.32 Å². The van der Waals surface area contributed by atoms with Crippen LogP contribution in [0.4, 0.5) is 5.69 Å². The van der Waals surface area contributed by atoms with E-state index in [4.69, 9.17) is 0 Å². The average Bonchev–Trinajstić information content (AvgIpc) is 2.86. The third-order valence-corrected chi connectivity index (χ3v) is 5.55. The van der Waals surface area contributed by atoms with E-state index in [2.05, 4.69) is 5.32 Å². The second-order valence-electron chi connectivity index (χ2n) is 8.07. The molecule has 0 radical (unpaired) electrons. The van der Waals surface area contributed by atoms with Crippen molar-refractivity contribution in [1.29, 1.82) is 0 Å². The minimum atomic E-state index is -0.760. The summed E-state index contributed by atoms with van der Waals surface area (Å²) in [6, 6.07) is 24.4. The molecule has 3 aromatic rings. The van der Waals surface area contributed by atoms with Crippen molar-refractivity contribution in [3.05, 3.63) is 112 Å². The molecule has 0 aliphatic heterocycles. The van der Waals surface area contributed by atoms with Gasteiger partial charge in [0.05, 0.1) is 11.3 Å². The number of benzene rings is 3. The molecular formula is C27H29N3O4. The molecule has 3 rings (SSSR count). The number of rotatable bonds is 11. The fourth-order valence-electron chi connectivity index (χ4n) is 3.80. The summed E-state index contributed by atoms with van der Waals surface area (Å²) in [5, 5.41) is 14.4. The zero-order valence-electron chi connectivity index (χ0n) is 19.2. The van der Waals surface area contributed by atoms with Crippen molar-refractivity contribution in [2.24, 2.45) is 0 Å². The van der Waals surface area contributed by atoms with Gasteiger partial charge in [0.2, 0.25) is 11.8 Å². The van der Waals surface area contributed by atoms with E-state index in [1.807, 2.05) is 67.6 Å². The van der Waals surface area contributed by atoms with Gasteiger partial charge in [-0.3, -0.25) is 19.7 Å². The molecule has 2 amide bonds. The Morgan fingerprint density at radius 2 is 1.50 bits per heavy atom. The van der Waals surface area contributed by atoms with Crippen LogP contribution in [0.3, 0.4) is 0 Å². The largest absolute Gasteiger partial charge is 0.354 e. The lowest BCUT2D eigenvalue weighted by molar-refractivity contribution is -0.385. The number of nitro benzene ring substituents is 1. The molecule has 7 nitrogen and oxygen atoms in total. The van der Waals surface area contributed by atoms with E-state index >= 15 is 0 Å². The lowest BCUT2D eigenvalue weighted by Gasteiger charge is -2.31. The first kappa shape index (κ1) is 24.6. The van der Waals surface area contributed by atoms with Crippen molar-refractivity contribution in [3.63, 3.8) is 0 Å². The quantitative estimate of drug-likeness (QED) is 0.342. The first-order valence-corrected chi connectivity index (χ1v) is 11.4. The van der Waals surface area contributed by atoms with Crippen LogP contribution in [0.2, 0.25) is 0 Å². The van der Waals surface area contributed by atoms with Gasteiger partial charge in [0.15, 0.2) is 0 Å². The monoisotopic (exact) mass is 459 g/mol. The van der Waals surface area contributed by atoms with Crippen molar-refractivity contribution in [1.82, 2.24) is 10.2 Å². The third kappa shape index (κ3) is 6.75. The maximum atomic E-state index is 13.6. The van der Waals surface area contributed by atoms with Gasteiger partial charge in [0, 0.05) is 31.1 Å². The van der Waals surface area contributed by atoms with Gasteiger partial charge < -0.3 is 10.2 Å². The van der Waals surface area contributed by atoms with Crippen LogP contribution >= 0.6 is 0 Å². The molecule has 0 fully saturated rings. The van der Waals surface area contributed by atoms with E-state index in [1.165, 1.54) is 6.07 Å². The van der Waals surface area contributed by atoms with Crippen LogP contribution in [-0.2, 0) is 29.0 Å². The molecule has 0 aliphatic carbocycles. The maximum Gasteiger partial charge on any atom is 0.273 e. The topological polar surface area (TPSA) is 92.6 Å². The lowest BCUT2D eigenvalue weighted by atomic mass is 10.0. The highest BCUT2D eigenvalue weighted by atomic mass is 16.6. The zero-order valence-corrected chi connectivity index (χ0v) is 19.2. The van der Waals surface area contributed by atoms with Crippen LogP contribution in [0, 0.1) is 10.1 Å².